The summed E-state index contributed by atoms with van der Waals surface area (Å²) in [5.74, 6) is 0.665. The van der Waals surface area contributed by atoms with Crippen LogP contribution in [0.4, 0.5) is 10.8 Å². The van der Waals surface area contributed by atoms with Crippen molar-refractivity contribution in [3.05, 3.63) is 54.0 Å². The van der Waals surface area contributed by atoms with Crippen LogP contribution >= 0.6 is 23.1 Å². The van der Waals surface area contributed by atoms with Gasteiger partial charge in [-0.2, -0.15) is 0 Å². The van der Waals surface area contributed by atoms with Crippen molar-refractivity contribution in [1.29, 1.82) is 0 Å². The first-order chi connectivity index (χ1) is 12.6. The molecule has 0 aliphatic rings. The van der Waals surface area contributed by atoms with Crippen LogP contribution in [-0.4, -0.2) is 21.4 Å². The number of aryl methyl sites for hydroxylation is 1. The minimum Gasteiger partial charge on any atom is -0.467 e. The maximum Gasteiger partial charge on any atom is 0.233 e. The molecular weight excluding hydrogens is 368 g/mol. The molecule has 0 aliphatic carbocycles. The van der Waals surface area contributed by atoms with Crippen LogP contribution in [0.15, 0.2) is 51.4 Å². The van der Waals surface area contributed by atoms with Gasteiger partial charge in [0.1, 0.15) is 5.76 Å². The second-order valence-corrected chi connectivity index (χ2v) is 8.17. The number of hydrogen-bond donors (Lipinski definition) is 2. The van der Waals surface area contributed by atoms with Gasteiger partial charge in [0.2, 0.25) is 11.0 Å². The molecule has 3 aromatic rings. The lowest BCUT2D eigenvalue weighted by Gasteiger charge is -2.08. The van der Waals surface area contributed by atoms with E-state index in [4.69, 9.17) is 4.42 Å². The second kappa shape index (κ2) is 8.86. The monoisotopic (exact) mass is 388 g/mol. The molecular formula is C18H20N4O2S2. The smallest absolute Gasteiger partial charge is 0.233 e. The number of furan rings is 1. The van der Waals surface area contributed by atoms with Gasteiger partial charge in [-0.1, -0.05) is 42.2 Å². The Balaban J connectivity index is 1.51. The first kappa shape index (κ1) is 18.5. The van der Waals surface area contributed by atoms with Crippen LogP contribution in [0.25, 0.3) is 0 Å². The highest BCUT2D eigenvalue weighted by Gasteiger charge is 2.17. The fraction of sp³-hybridized carbons (Fsp3) is 0.278. The van der Waals surface area contributed by atoms with Crippen LogP contribution in [0.5, 0.6) is 0 Å². The molecule has 1 atom stereocenters. The minimum absolute atomic E-state index is 0.0636. The number of benzene rings is 1. The zero-order valence-corrected chi connectivity index (χ0v) is 16.2. The van der Waals surface area contributed by atoms with Gasteiger partial charge < -0.3 is 15.1 Å². The third-order valence-electron chi connectivity index (χ3n) is 3.68. The maximum atomic E-state index is 12.2. The molecule has 0 saturated carbocycles. The third-order valence-corrected chi connectivity index (χ3v) is 5.71. The average molecular weight is 389 g/mol. The molecule has 2 N–H and O–H groups in total. The normalized spacial score (nSPS) is 11.9. The summed E-state index contributed by atoms with van der Waals surface area (Å²) in [5, 5.41) is 14.8. The predicted molar refractivity (Wildman–Crippen MR) is 105 cm³/mol. The lowest BCUT2D eigenvalue weighted by molar-refractivity contribution is -0.120. The van der Waals surface area contributed by atoms with E-state index in [2.05, 4.69) is 39.9 Å². The topological polar surface area (TPSA) is 80.0 Å². The lowest BCUT2D eigenvalue weighted by atomic mass is 10.1. The zero-order valence-electron chi connectivity index (χ0n) is 14.6. The zero-order chi connectivity index (χ0) is 18.4. The molecule has 0 aliphatic heterocycles. The number of carbonyl (C=O) groups excluding carboxylic acids is 1. The van der Waals surface area contributed by atoms with E-state index in [9.17, 15) is 4.79 Å². The van der Waals surface area contributed by atoms with E-state index in [1.807, 2.05) is 25.1 Å². The number of rotatable bonds is 8. The molecule has 0 bridgehead atoms. The summed E-state index contributed by atoms with van der Waals surface area (Å²) < 4.78 is 5.95. The first-order valence-electron chi connectivity index (χ1n) is 8.30. The highest BCUT2D eigenvalue weighted by molar-refractivity contribution is 8.02. The number of carbonyl (C=O) groups is 1. The quantitative estimate of drug-likeness (QED) is 0.562. The van der Waals surface area contributed by atoms with Gasteiger partial charge in [0, 0.05) is 5.69 Å². The van der Waals surface area contributed by atoms with Crippen LogP contribution in [0, 0.1) is 0 Å². The van der Waals surface area contributed by atoms with Crippen LogP contribution < -0.4 is 10.6 Å². The van der Waals surface area contributed by atoms with Gasteiger partial charge in [0.25, 0.3) is 0 Å². The standard InChI is InChI=1S/C18H20N4O2S2/c1-3-13-6-8-14(9-7-13)20-17-21-22-18(26-17)25-12(2)16(23)19-11-15-5-4-10-24-15/h4-10,12H,3,11H2,1-2H3,(H,19,23)(H,20,21)/t12-/m1/s1. The summed E-state index contributed by atoms with van der Waals surface area (Å²) in [6.07, 6.45) is 2.60. The van der Waals surface area contributed by atoms with Gasteiger partial charge >= 0.3 is 0 Å². The number of nitrogens with zero attached hydrogens (tertiary/aromatic N) is 2. The number of aromatic nitrogens is 2. The van der Waals surface area contributed by atoms with Gasteiger partial charge in [0.15, 0.2) is 4.34 Å². The highest BCUT2D eigenvalue weighted by Crippen LogP contribution is 2.30. The van der Waals surface area contributed by atoms with Crippen LogP contribution in [0.3, 0.4) is 0 Å². The Morgan fingerprint density at radius 3 is 2.77 bits per heavy atom. The summed E-state index contributed by atoms with van der Waals surface area (Å²) in [7, 11) is 0. The van der Waals surface area contributed by atoms with Crippen molar-refractivity contribution in [3.8, 4) is 0 Å². The molecule has 2 aromatic heterocycles. The molecule has 8 heteroatoms. The van der Waals surface area contributed by atoms with Gasteiger partial charge in [-0.15, -0.1) is 10.2 Å². The van der Waals surface area contributed by atoms with Gasteiger partial charge in [-0.05, 0) is 43.2 Å². The van der Waals surface area contributed by atoms with Crippen LogP contribution in [0.2, 0.25) is 0 Å². The molecule has 0 fully saturated rings. The molecule has 0 radical (unpaired) electrons. The Hall–Kier alpha value is -2.32. The minimum atomic E-state index is -0.269. The third kappa shape index (κ3) is 5.09. The van der Waals surface area contributed by atoms with E-state index in [1.165, 1.54) is 28.7 Å². The van der Waals surface area contributed by atoms with Crippen molar-refractivity contribution in [3.63, 3.8) is 0 Å². The number of amides is 1. The molecule has 136 valence electrons. The molecule has 0 spiro atoms. The van der Waals surface area contributed by atoms with Gasteiger partial charge in [0.05, 0.1) is 18.1 Å². The molecule has 3 rings (SSSR count). The first-order valence-corrected chi connectivity index (χ1v) is 10.00. The number of thioether (sulfide) groups is 1. The number of hydrogen-bond acceptors (Lipinski definition) is 7. The van der Waals surface area contributed by atoms with Crippen molar-refractivity contribution in [2.24, 2.45) is 0 Å². The summed E-state index contributed by atoms with van der Waals surface area (Å²) in [5.41, 5.74) is 2.26. The summed E-state index contributed by atoms with van der Waals surface area (Å²) in [4.78, 5) is 12.2. The Bertz CT molecular complexity index is 831. The van der Waals surface area contributed by atoms with Crippen LogP contribution in [-0.2, 0) is 17.8 Å². The molecule has 26 heavy (non-hydrogen) atoms. The largest absolute Gasteiger partial charge is 0.467 e. The molecule has 0 unspecified atom stereocenters. The van der Waals surface area contributed by atoms with Gasteiger partial charge in [-0.3, -0.25) is 4.79 Å². The van der Waals surface area contributed by atoms with Crippen molar-refractivity contribution in [2.75, 3.05) is 5.32 Å². The number of nitrogens with one attached hydrogen (secondary N) is 2. The van der Waals surface area contributed by atoms with E-state index in [0.29, 0.717) is 11.7 Å². The molecule has 1 aromatic carbocycles. The van der Waals surface area contributed by atoms with Crippen LogP contribution in [0.1, 0.15) is 25.2 Å². The van der Waals surface area contributed by atoms with E-state index >= 15 is 0 Å². The molecule has 1 amide bonds. The van der Waals surface area contributed by atoms with E-state index < -0.39 is 0 Å². The SMILES string of the molecule is CCc1ccc(Nc2nnc(S[C@H](C)C(=O)NCc3ccco3)s2)cc1. The highest BCUT2D eigenvalue weighted by atomic mass is 32.2. The summed E-state index contributed by atoms with van der Waals surface area (Å²) in [6.45, 7) is 4.36. The van der Waals surface area contributed by atoms with Crippen molar-refractivity contribution in [1.82, 2.24) is 15.5 Å². The summed E-state index contributed by atoms with van der Waals surface area (Å²) >= 11 is 2.82. The predicted octanol–water partition coefficient (Wildman–Crippen LogP) is 4.23. The van der Waals surface area contributed by atoms with Gasteiger partial charge in [-0.25, -0.2) is 0 Å². The molecule has 2 heterocycles. The van der Waals surface area contributed by atoms with Crippen molar-refractivity contribution in [2.45, 2.75) is 36.4 Å². The van der Waals surface area contributed by atoms with E-state index in [0.717, 1.165) is 22.2 Å². The van der Waals surface area contributed by atoms with E-state index in [1.54, 1.807) is 12.3 Å². The number of anilines is 2. The van der Waals surface area contributed by atoms with Crippen molar-refractivity contribution >= 4 is 39.8 Å². The Morgan fingerprint density at radius 2 is 2.08 bits per heavy atom. The lowest BCUT2D eigenvalue weighted by Crippen LogP contribution is -2.30. The Labute approximate surface area is 160 Å². The Kier molecular flexibility index (Phi) is 6.30. The molecule has 6 nitrogen and oxygen atoms in total. The Morgan fingerprint density at radius 1 is 1.27 bits per heavy atom. The van der Waals surface area contributed by atoms with Crippen molar-refractivity contribution < 1.29 is 9.21 Å². The fourth-order valence-electron chi connectivity index (χ4n) is 2.19. The second-order valence-electron chi connectivity index (χ2n) is 5.61. The fourth-order valence-corrected chi connectivity index (χ4v) is 4.13. The molecule has 0 saturated heterocycles. The average Bonchev–Trinajstić information content (AvgIpc) is 3.32. The van der Waals surface area contributed by atoms with E-state index in [-0.39, 0.29) is 11.2 Å². The maximum absolute atomic E-state index is 12.2. The summed E-state index contributed by atoms with van der Waals surface area (Å²) in [6, 6.07) is 11.9.